The first kappa shape index (κ1) is 14.1. The molecule has 1 aliphatic rings. The number of nitrogens with one attached hydrogen (secondary N) is 1. The Morgan fingerprint density at radius 3 is 2.74 bits per heavy atom. The molecule has 0 spiro atoms. The van der Waals surface area contributed by atoms with E-state index in [2.05, 4.69) is 38.2 Å². The third kappa shape index (κ3) is 3.58. The highest BCUT2D eigenvalue weighted by atomic mass is 14.9. The van der Waals surface area contributed by atoms with Gasteiger partial charge in [-0.1, -0.05) is 26.0 Å². The first-order chi connectivity index (χ1) is 9.10. The van der Waals surface area contributed by atoms with Crippen molar-refractivity contribution < 1.29 is 0 Å². The normalized spacial score (nSPS) is 28.6. The van der Waals surface area contributed by atoms with Crippen molar-refractivity contribution in [3.05, 3.63) is 35.4 Å². The summed E-state index contributed by atoms with van der Waals surface area (Å²) >= 11 is 0. The lowest BCUT2D eigenvalue weighted by Gasteiger charge is -2.34. The average Bonchev–Trinajstić information content (AvgIpc) is 2.43. The van der Waals surface area contributed by atoms with Gasteiger partial charge in [-0.3, -0.25) is 0 Å². The van der Waals surface area contributed by atoms with Gasteiger partial charge in [-0.05, 0) is 55.7 Å². The minimum absolute atomic E-state index is 0.318. The lowest BCUT2D eigenvalue weighted by molar-refractivity contribution is 0.217. The van der Waals surface area contributed by atoms with Crippen molar-refractivity contribution in [1.82, 2.24) is 5.32 Å². The molecule has 19 heavy (non-hydrogen) atoms. The summed E-state index contributed by atoms with van der Waals surface area (Å²) in [7, 11) is 0. The van der Waals surface area contributed by atoms with Gasteiger partial charge in [0, 0.05) is 12.1 Å². The molecule has 1 aromatic carbocycles. The maximum Gasteiger partial charge on any atom is 0.0991 e. The minimum Gasteiger partial charge on any atom is -0.307 e. The second kappa shape index (κ2) is 6.21. The zero-order valence-electron chi connectivity index (χ0n) is 12.2. The van der Waals surface area contributed by atoms with E-state index < -0.39 is 0 Å². The molecule has 0 bridgehead atoms. The van der Waals surface area contributed by atoms with Crippen molar-refractivity contribution >= 4 is 0 Å². The number of nitrogens with zero attached hydrogens (tertiary/aromatic N) is 1. The molecular formula is C17H24N2. The van der Waals surface area contributed by atoms with Crippen LogP contribution in [0.15, 0.2) is 24.3 Å². The molecule has 1 aliphatic carbocycles. The summed E-state index contributed by atoms with van der Waals surface area (Å²) in [6.45, 7) is 6.92. The van der Waals surface area contributed by atoms with Crippen LogP contribution in [-0.4, -0.2) is 6.04 Å². The summed E-state index contributed by atoms with van der Waals surface area (Å²) in [6, 6.07) is 11.1. The van der Waals surface area contributed by atoms with E-state index >= 15 is 0 Å². The van der Waals surface area contributed by atoms with E-state index in [-0.39, 0.29) is 0 Å². The molecule has 0 amide bonds. The number of hydrogen-bond acceptors (Lipinski definition) is 2. The SMILES string of the molecule is CC(NC1CCC(C)C(C)C1)c1cccc(C#N)c1. The smallest absolute Gasteiger partial charge is 0.0991 e. The van der Waals surface area contributed by atoms with Crippen molar-refractivity contribution in [3.63, 3.8) is 0 Å². The van der Waals surface area contributed by atoms with Gasteiger partial charge in [0.25, 0.3) is 0 Å². The third-order valence-electron chi connectivity index (χ3n) is 4.60. The highest BCUT2D eigenvalue weighted by Crippen LogP contribution is 2.30. The maximum absolute atomic E-state index is 8.96. The molecule has 0 heterocycles. The van der Waals surface area contributed by atoms with Gasteiger partial charge >= 0.3 is 0 Å². The zero-order chi connectivity index (χ0) is 13.8. The Kier molecular flexibility index (Phi) is 4.61. The van der Waals surface area contributed by atoms with Crippen LogP contribution < -0.4 is 5.32 Å². The molecule has 2 nitrogen and oxygen atoms in total. The van der Waals surface area contributed by atoms with E-state index in [4.69, 9.17) is 5.26 Å². The Labute approximate surface area is 116 Å². The van der Waals surface area contributed by atoms with Crippen molar-refractivity contribution in [2.45, 2.75) is 52.1 Å². The van der Waals surface area contributed by atoms with Gasteiger partial charge < -0.3 is 5.32 Å². The van der Waals surface area contributed by atoms with Crippen molar-refractivity contribution in [1.29, 1.82) is 5.26 Å². The van der Waals surface area contributed by atoms with Crippen molar-refractivity contribution in [2.24, 2.45) is 11.8 Å². The Morgan fingerprint density at radius 1 is 1.26 bits per heavy atom. The fourth-order valence-electron chi connectivity index (χ4n) is 3.03. The van der Waals surface area contributed by atoms with Gasteiger partial charge in [0.15, 0.2) is 0 Å². The topological polar surface area (TPSA) is 35.8 Å². The predicted octanol–water partition coefficient (Wildman–Crippen LogP) is 4.03. The third-order valence-corrected chi connectivity index (χ3v) is 4.60. The molecule has 2 rings (SSSR count). The molecular weight excluding hydrogens is 232 g/mol. The molecule has 1 saturated carbocycles. The fourth-order valence-corrected chi connectivity index (χ4v) is 3.03. The first-order valence-electron chi connectivity index (χ1n) is 7.36. The Bertz CT molecular complexity index is 461. The highest BCUT2D eigenvalue weighted by molar-refractivity contribution is 5.34. The van der Waals surface area contributed by atoms with Crippen LogP contribution in [0.25, 0.3) is 0 Å². The van der Waals surface area contributed by atoms with E-state index in [0.29, 0.717) is 12.1 Å². The number of rotatable bonds is 3. The van der Waals surface area contributed by atoms with Crippen LogP contribution in [0.1, 0.15) is 57.2 Å². The van der Waals surface area contributed by atoms with E-state index in [0.717, 1.165) is 17.4 Å². The lowest BCUT2D eigenvalue weighted by Crippen LogP contribution is -2.37. The second-order valence-electron chi connectivity index (χ2n) is 6.09. The Balaban J connectivity index is 1.97. The van der Waals surface area contributed by atoms with E-state index in [1.165, 1.54) is 24.8 Å². The summed E-state index contributed by atoms with van der Waals surface area (Å²) in [6.07, 6.45) is 3.86. The van der Waals surface area contributed by atoms with E-state index in [1.54, 1.807) is 0 Å². The van der Waals surface area contributed by atoms with Crippen LogP contribution in [0.5, 0.6) is 0 Å². The molecule has 102 valence electrons. The molecule has 0 aromatic heterocycles. The number of hydrogen-bond donors (Lipinski definition) is 1. The van der Waals surface area contributed by atoms with Crippen LogP contribution >= 0.6 is 0 Å². The van der Waals surface area contributed by atoms with Crippen LogP contribution in [-0.2, 0) is 0 Å². The van der Waals surface area contributed by atoms with Crippen molar-refractivity contribution in [2.75, 3.05) is 0 Å². The van der Waals surface area contributed by atoms with Gasteiger partial charge in [0.1, 0.15) is 0 Å². The van der Waals surface area contributed by atoms with Crippen LogP contribution in [0.4, 0.5) is 0 Å². The Morgan fingerprint density at radius 2 is 2.05 bits per heavy atom. The van der Waals surface area contributed by atoms with Crippen LogP contribution in [0, 0.1) is 23.2 Å². The molecule has 1 N–H and O–H groups in total. The second-order valence-corrected chi connectivity index (χ2v) is 6.09. The highest BCUT2D eigenvalue weighted by Gasteiger charge is 2.25. The van der Waals surface area contributed by atoms with Gasteiger partial charge in [0.2, 0.25) is 0 Å². The summed E-state index contributed by atoms with van der Waals surface area (Å²) in [5.74, 6) is 1.67. The molecule has 4 atom stereocenters. The van der Waals surface area contributed by atoms with E-state index in [1.807, 2.05) is 18.2 Å². The Hall–Kier alpha value is -1.33. The summed E-state index contributed by atoms with van der Waals surface area (Å²) in [5, 5.41) is 12.7. The molecule has 4 unspecified atom stereocenters. The summed E-state index contributed by atoms with van der Waals surface area (Å²) < 4.78 is 0. The molecule has 2 heteroatoms. The summed E-state index contributed by atoms with van der Waals surface area (Å²) in [5.41, 5.74) is 1.96. The molecule has 0 saturated heterocycles. The summed E-state index contributed by atoms with van der Waals surface area (Å²) in [4.78, 5) is 0. The predicted molar refractivity (Wildman–Crippen MR) is 78.7 cm³/mol. The zero-order valence-corrected chi connectivity index (χ0v) is 12.2. The fraction of sp³-hybridized carbons (Fsp3) is 0.588. The molecule has 1 aromatic rings. The van der Waals surface area contributed by atoms with Crippen LogP contribution in [0.3, 0.4) is 0 Å². The molecule has 0 aliphatic heterocycles. The number of benzene rings is 1. The maximum atomic E-state index is 8.96. The number of nitriles is 1. The standard InChI is InChI=1S/C17H24N2/c1-12-7-8-17(9-13(12)2)19-14(3)16-6-4-5-15(10-16)11-18/h4-6,10,12-14,17,19H,7-9H2,1-3H3. The quantitative estimate of drug-likeness (QED) is 0.886. The molecule has 1 fully saturated rings. The largest absolute Gasteiger partial charge is 0.307 e. The molecule has 0 radical (unpaired) electrons. The van der Waals surface area contributed by atoms with Gasteiger partial charge in [0.05, 0.1) is 11.6 Å². The van der Waals surface area contributed by atoms with Crippen molar-refractivity contribution in [3.8, 4) is 6.07 Å². The van der Waals surface area contributed by atoms with E-state index in [9.17, 15) is 0 Å². The van der Waals surface area contributed by atoms with Gasteiger partial charge in [-0.15, -0.1) is 0 Å². The monoisotopic (exact) mass is 256 g/mol. The van der Waals surface area contributed by atoms with Crippen LogP contribution in [0.2, 0.25) is 0 Å². The average molecular weight is 256 g/mol. The van der Waals surface area contributed by atoms with Gasteiger partial charge in [-0.2, -0.15) is 5.26 Å². The lowest BCUT2D eigenvalue weighted by atomic mass is 9.79. The van der Waals surface area contributed by atoms with Gasteiger partial charge in [-0.25, -0.2) is 0 Å². The first-order valence-corrected chi connectivity index (χ1v) is 7.36. The minimum atomic E-state index is 0.318.